The standard InChI is InChI=1S/C10H20.6H2/c1-3-9-5-7-10(4-2)8-6-9;;;;;;/h9-10H,3-8H2,1-2H3;6*1H. The molecule has 1 aliphatic rings. The zero-order chi connectivity index (χ0) is 7.40. The minimum atomic E-state index is 0. The summed E-state index contributed by atoms with van der Waals surface area (Å²) >= 11 is 0. The molecule has 0 unspecified atom stereocenters. The van der Waals surface area contributed by atoms with Crippen molar-refractivity contribution in [2.45, 2.75) is 52.4 Å². The molecule has 0 aliphatic heterocycles. The van der Waals surface area contributed by atoms with E-state index in [-0.39, 0.29) is 8.56 Å². The molecule has 0 radical (unpaired) electrons. The van der Waals surface area contributed by atoms with E-state index in [1.165, 1.54) is 38.5 Å². The molecule has 0 aromatic carbocycles. The van der Waals surface area contributed by atoms with Crippen LogP contribution in [-0.2, 0) is 0 Å². The first-order valence-electron chi connectivity index (χ1n) is 4.86. The maximum atomic E-state index is 2.33. The zero-order valence-electron chi connectivity index (χ0n) is 7.40. The molecule has 0 bridgehead atoms. The molecule has 0 heteroatoms. The van der Waals surface area contributed by atoms with E-state index in [9.17, 15) is 0 Å². The fourth-order valence-electron chi connectivity index (χ4n) is 2.05. The van der Waals surface area contributed by atoms with Crippen LogP contribution in [0.3, 0.4) is 0 Å². The van der Waals surface area contributed by atoms with Crippen molar-refractivity contribution < 1.29 is 8.56 Å². The third kappa shape index (κ3) is 2.00. The van der Waals surface area contributed by atoms with E-state index in [0.29, 0.717) is 0 Å². The SMILES string of the molecule is CCC1CCC(CC)CC1.[HH].[HH].[HH].[HH].[HH].[HH]. The van der Waals surface area contributed by atoms with Crippen LogP contribution >= 0.6 is 0 Å². The summed E-state index contributed by atoms with van der Waals surface area (Å²) in [6, 6.07) is 0. The molecule has 0 amide bonds. The van der Waals surface area contributed by atoms with Crippen LogP contribution in [0, 0.1) is 11.8 Å². The van der Waals surface area contributed by atoms with Gasteiger partial charge in [0, 0.05) is 8.56 Å². The van der Waals surface area contributed by atoms with Crippen LogP contribution in [0.25, 0.3) is 0 Å². The van der Waals surface area contributed by atoms with Gasteiger partial charge in [0.25, 0.3) is 0 Å². The minimum absolute atomic E-state index is 0. The summed E-state index contributed by atoms with van der Waals surface area (Å²) in [4.78, 5) is 0. The first-order valence-corrected chi connectivity index (χ1v) is 4.86. The van der Waals surface area contributed by atoms with Crippen molar-refractivity contribution in [3.8, 4) is 0 Å². The molecule has 72 valence electrons. The second-order valence-electron chi connectivity index (χ2n) is 3.70. The molecule has 10 heavy (non-hydrogen) atoms. The topological polar surface area (TPSA) is 0 Å². The lowest BCUT2D eigenvalue weighted by atomic mass is 9.80. The predicted molar refractivity (Wildman–Crippen MR) is 58.7 cm³/mol. The highest BCUT2D eigenvalue weighted by molar-refractivity contribution is 4.70. The molecule has 1 saturated carbocycles. The van der Waals surface area contributed by atoms with Gasteiger partial charge in [0.1, 0.15) is 0 Å². The molecule has 0 N–H and O–H groups in total. The quantitative estimate of drug-likeness (QED) is 0.517. The van der Waals surface area contributed by atoms with Crippen molar-refractivity contribution in [1.29, 1.82) is 0 Å². The van der Waals surface area contributed by atoms with Gasteiger partial charge in [0.2, 0.25) is 0 Å². The molecular weight excluding hydrogens is 120 g/mol. The fourth-order valence-corrected chi connectivity index (χ4v) is 2.05. The van der Waals surface area contributed by atoms with E-state index >= 15 is 0 Å². The molecule has 1 aliphatic carbocycles. The summed E-state index contributed by atoms with van der Waals surface area (Å²) in [5.41, 5.74) is 0. The largest absolute Gasteiger partial charge is 0.0651 e. The Bertz CT molecular complexity index is 81.3. The second kappa shape index (κ2) is 4.00. The molecule has 1 rings (SSSR count). The van der Waals surface area contributed by atoms with Crippen molar-refractivity contribution in [2.24, 2.45) is 11.8 Å². The van der Waals surface area contributed by atoms with Crippen LogP contribution < -0.4 is 0 Å². The van der Waals surface area contributed by atoms with Gasteiger partial charge in [-0.3, -0.25) is 0 Å². The van der Waals surface area contributed by atoms with Gasteiger partial charge in [-0.25, -0.2) is 0 Å². The average molecular weight is 152 g/mol. The Labute approximate surface area is 73.9 Å². The lowest BCUT2D eigenvalue weighted by Crippen LogP contribution is -2.12. The maximum absolute atomic E-state index is 2.33. The van der Waals surface area contributed by atoms with E-state index in [1.54, 1.807) is 0 Å². The van der Waals surface area contributed by atoms with Crippen molar-refractivity contribution in [3.63, 3.8) is 0 Å². The monoisotopic (exact) mass is 152 g/mol. The molecule has 0 nitrogen and oxygen atoms in total. The molecule has 0 saturated heterocycles. The van der Waals surface area contributed by atoms with Gasteiger partial charge in [-0.15, -0.1) is 0 Å². The van der Waals surface area contributed by atoms with Gasteiger partial charge in [0.15, 0.2) is 0 Å². The minimum Gasteiger partial charge on any atom is -0.0651 e. The van der Waals surface area contributed by atoms with Gasteiger partial charge in [0.05, 0.1) is 0 Å². The lowest BCUT2D eigenvalue weighted by molar-refractivity contribution is 0.264. The first kappa shape index (κ1) is 8.10. The van der Waals surface area contributed by atoms with E-state index in [4.69, 9.17) is 0 Å². The summed E-state index contributed by atoms with van der Waals surface area (Å²) in [7, 11) is 0. The van der Waals surface area contributed by atoms with Gasteiger partial charge >= 0.3 is 0 Å². The van der Waals surface area contributed by atoms with Crippen LogP contribution in [0.15, 0.2) is 0 Å². The smallest absolute Gasteiger partial charge is 0 e. The summed E-state index contributed by atoms with van der Waals surface area (Å²) < 4.78 is 0. The highest BCUT2D eigenvalue weighted by atomic mass is 14.2. The predicted octanol–water partition coefficient (Wildman–Crippen LogP) is 5.09. The van der Waals surface area contributed by atoms with E-state index in [1.807, 2.05) is 0 Å². The van der Waals surface area contributed by atoms with Gasteiger partial charge in [-0.2, -0.15) is 0 Å². The van der Waals surface area contributed by atoms with Crippen molar-refractivity contribution in [2.75, 3.05) is 0 Å². The van der Waals surface area contributed by atoms with Gasteiger partial charge in [-0.05, 0) is 11.8 Å². The average Bonchev–Trinajstić information content (AvgIpc) is 2.05. The Hall–Kier alpha value is 0. The molecule has 0 spiro atoms. The van der Waals surface area contributed by atoms with Gasteiger partial charge in [-0.1, -0.05) is 52.4 Å². The summed E-state index contributed by atoms with van der Waals surface area (Å²) in [5.74, 6) is 2.14. The van der Waals surface area contributed by atoms with Gasteiger partial charge < -0.3 is 0 Å². The first-order chi connectivity index (χ1) is 4.86. The molecular formula is C10H32. The zero-order valence-corrected chi connectivity index (χ0v) is 7.40. The van der Waals surface area contributed by atoms with E-state index in [0.717, 1.165) is 11.8 Å². The molecule has 0 atom stereocenters. The molecule has 0 aromatic heterocycles. The van der Waals surface area contributed by atoms with E-state index < -0.39 is 0 Å². The Morgan fingerprint density at radius 3 is 1.40 bits per heavy atom. The van der Waals surface area contributed by atoms with E-state index in [2.05, 4.69) is 13.8 Å². The van der Waals surface area contributed by atoms with Crippen LogP contribution in [0.5, 0.6) is 0 Å². The van der Waals surface area contributed by atoms with Crippen molar-refractivity contribution in [3.05, 3.63) is 0 Å². The van der Waals surface area contributed by atoms with Crippen LogP contribution in [0.2, 0.25) is 0 Å². The molecule has 0 aromatic rings. The Morgan fingerprint density at radius 2 is 1.20 bits per heavy atom. The number of hydrogen-bond acceptors (Lipinski definition) is 0. The summed E-state index contributed by atoms with van der Waals surface area (Å²) in [6.07, 6.45) is 8.86. The lowest BCUT2D eigenvalue weighted by Gasteiger charge is -2.26. The highest BCUT2D eigenvalue weighted by Crippen LogP contribution is 2.31. The summed E-state index contributed by atoms with van der Waals surface area (Å²) in [6.45, 7) is 4.66. The van der Waals surface area contributed by atoms with Crippen LogP contribution in [0.4, 0.5) is 0 Å². The third-order valence-electron chi connectivity index (χ3n) is 3.12. The number of hydrogen-bond donors (Lipinski definition) is 0. The maximum Gasteiger partial charge on any atom is 0 e. The fraction of sp³-hybridized carbons (Fsp3) is 1.00. The Kier molecular flexibility index (Phi) is 3.24. The highest BCUT2D eigenvalue weighted by Gasteiger charge is 2.17. The molecule has 0 heterocycles. The Morgan fingerprint density at radius 1 is 0.900 bits per heavy atom. The third-order valence-corrected chi connectivity index (χ3v) is 3.12. The Balaban J connectivity index is -0.0000000417. The van der Waals surface area contributed by atoms with Crippen LogP contribution in [-0.4, -0.2) is 0 Å². The summed E-state index contributed by atoms with van der Waals surface area (Å²) in [5, 5.41) is 0. The molecule has 1 fully saturated rings. The normalized spacial score (nSPS) is 34.2. The van der Waals surface area contributed by atoms with Crippen molar-refractivity contribution >= 4 is 0 Å². The van der Waals surface area contributed by atoms with Crippen LogP contribution in [0.1, 0.15) is 60.9 Å². The second-order valence-corrected chi connectivity index (χ2v) is 3.70. The number of rotatable bonds is 2. The van der Waals surface area contributed by atoms with Crippen molar-refractivity contribution in [1.82, 2.24) is 0 Å².